The van der Waals surface area contributed by atoms with Crippen molar-refractivity contribution in [3.05, 3.63) is 35.9 Å². The second-order valence-corrected chi connectivity index (χ2v) is 7.40. The Hall–Kier alpha value is -1.59. The Balaban J connectivity index is 1.73. The van der Waals surface area contributed by atoms with Gasteiger partial charge >= 0.3 is 0 Å². The largest absolute Gasteiger partial charge is 0.393 e. The second kappa shape index (κ2) is 8.83. The average molecular weight is 397 g/mol. The van der Waals surface area contributed by atoms with Crippen LogP contribution in [0, 0.1) is 0 Å². The van der Waals surface area contributed by atoms with Gasteiger partial charge in [0.25, 0.3) is 0 Å². The summed E-state index contributed by atoms with van der Waals surface area (Å²) in [6.45, 7) is 2.12. The van der Waals surface area contributed by atoms with Crippen molar-refractivity contribution in [1.29, 1.82) is 0 Å². The highest BCUT2D eigenvalue weighted by molar-refractivity contribution is 5.73. The summed E-state index contributed by atoms with van der Waals surface area (Å²) in [4.78, 5) is 11.6. The van der Waals surface area contributed by atoms with Crippen LogP contribution >= 0.6 is 0 Å². The number of carbonyl (C=O) groups excluding carboxylic acids is 1. The summed E-state index contributed by atoms with van der Waals surface area (Å²) in [6.07, 6.45) is -4.19. The lowest BCUT2D eigenvalue weighted by Crippen LogP contribution is -2.67. The van der Waals surface area contributed by atoms with Gasteiger partial charge in [0.05, 0.1) is 19.8 Å². The molecule has 0 unspecified atom stereocenters. The van der Waals surface area contributed by atoms with Crippen LogP contribution in [0.5, 0.6) is 0 Å². The Kier molecular flexibility index (Phi) is 6.66. The predicted octanol–water partition coefficient (Wildman–Crippen LogP) is -0.549. The third-order valence-electron chi connectivity index (χ3n) is 4.71. The molecule has 2 aliphatic heterocycles. The predicted molar refractivity (Wildman–Crippen MR) is 95.9 cm³/mol. The minimum Gasteiger partial charge on any atom is -0.393 e. The number of aliphatic hydroxyl groups is 3. The molecule has 1 aromatic carbocycles. The topological polar surface area (TPSA) is 127 Å². The first-order valence-corrected chi connectivity index (χ1v) is 9.18. The monoisotopic (exact) mass is 397 g/mol. The smallest absolute Gasteiger partial charge is 0.217 e. The van der Waals surface area contributed by atoms with Crippen LogP contribution < -0.4 is 5.32 Å². The zero-order valence-electron chi connectivity index (χ0n) is 15.9. The summed E-state index contributed by atoms with van der Waals surface area (Å²) in [5.41, 5.74) is -0.675. The first kappa shape index (κ1) is 21.1. The van der Waals surface area contributed by atoms with Crippen molar-refractivity contribution in [3.8, 4) is 0 Å². The summed E-state index contributed by atoms with van der Waals surface area (Å²) in [7, 11) is 0. The molecule has 28 heavy (non-hydrogen) atoms. The highest BCUT2D eigenvalue weighted by Gasteiger charge is 2.50. The van der Waals surface area contributed by atoms with Gasteiger partial charge in [0.1, 0.15) is 30.0 Å². The molecule has 2 heterocycles. The molecule has 0 bridgehead atoms. The summed E-state index contributed by atoms with van der Waals surface area (Å²) < 4.78 is 23.1. The van der Waals surface area contributed by atoms with E-state index in [1.807, 2.05) is 30.3 Å². The van der Waals surface area contributed by atoms with Crippen molar-refractivity contribution in [2.45, 2.75) is 56.4 Å². The molecule has 9 nitrogen and oxygen atoms in total. The Morgan fingerprint density at radius 3 is 2.68 bits per heavy atom. The second-order valence-electron chi connectivity index (χ2n) is 7.40. The molecule has 1 amide bonds. The van der Waals surface area contributed by atoms with Crippen LogP contribution in [-0.2, 0) is 23.7 Å². The van der Waals surface area contributed by atoms with Crippen molar-refractivity contribution in [3.63, 3.8) is 0 Å². The molecule has 2 aliphatic rings. The fourth-order valence-electron chi connectivity index (χ4n) is 3.21. The maximum absolute atomic E-state index is 11.6. The number of aliphatic hydroxyl groups excluding tert-OH is 2. The third kappa shape index (κ3) is 4.87. The number of benzene rings is 1. The molecule has 3 rings (SSSR count). The molecule has 0 aliphatic carbocycles. The van der Waals surface area contributed by atoms with Crippen LogP contribution in [0.2, 0.25) is 0 Å². The molecule has 0 saturated carbocycles. The number of carbonyl (C=O) groups is 1. The first-order valence-electron chi connectivity index (χ1n) is 9.18. The van der Waals surface area contributed by atoms with Crippen LogP contribution in [0.4, 0.5) is 0 Å². The lowest BCUT2D eigenvalue weighted by Gasteiger charge is -2.48. The van der Waals surface area contributed by atoms with E-state index < -0.39 is 49.1 Å². The third-order valence-corrected chi connectivity index (χ3v) is 4.71. The highest BCUT2D eigenvalue weighted by atomic mass is 16.7. The molecule has 2 saturated heterocycles. The molecule has 1 aromatic rings. The van der Waals surface area contributed by atoms with Gasteiger partial charge in [-0.1, -0.05) is 30.3 Å². The molecule has 0 aromatic heterocycles. The van der Waals surface area contributed by atoms with E-state index in [1.165, 1.54) is 13.8 Å². The number of hydrogen-bond acceptors (Lipinski definition) is 8. The molecule has 0 spiro atoms. The molecule has 2 fully saturated rings. The van der Waals surface area contributed by atoms with E-state index in [9.17, 15) is 20.1 Å². The lowest BCUT2D eigenvalue weighted by molar-refractivity contribution is -0.347. The van der Waals surface area contributed by atoms with Crippen molar-refractivity contribution >= 4 is 5.91 Å². The average Bonchev–Trinajstić information content (AvgIpc) is 2.69. The molecule has 9 heteroatoms. The Labute approximate surface area is 163 Å². The molecule has 4 N–H and O–H groups in total. The summed E-state index contributed by atoms with van der Waals surface area (Å²) >= 11 is 0. The molecule has 156 valence electrons. The fraction of sp³-hybridized carbons (Fsp3) is 0.632. The first-order chi connectivity index (χ1) is 13.3. The summed E-state index contributed by atoms with van der Waals surface area (Å²) in [6, 6.07) is 8.40. The van der Waals surface area contributed by atoms with E-state index >= 15 is 0 Å². The Morgan fingerprint density at radius 1 is 1.32 bits per heavy atom. The van der Waals surface area contributed by atoms with Crippen molar-refractivity contribution in [2.24, 2.45) is 0 Å². The zero-order valence-corrected chi connectivity index (χ0v) is 15.9. The van der Waals surface area contributed by atoms with E-state index in [0.717, 1.165) is 5.56 Å². The summed E-state index contributed by atoms with van der Waals surface area (Å²) in [5, 5.41) is 32.6. The standard InChI is InChI=1S/C19H27NO8/c1-11(22)20-14-15(23)16-13(27-18(14)26-10-19(2,24)9-21)8-25-17(28-16)12-6-4-3-5-7-12/h3-7,13-18,21,23-24H,8-10H2,1-2H3,(H,20,22)/t13-,14-,15-,16-,17-,18-,19-/m1/s1. The number of amides is 1. The van der Waals surface area contributed by atoms with Crippen molar-refractivity contribution in [1.82, 2.24) is 5.32 Å². The highest BCUT2D eigenvalue weighted by Crippen LogP contribution is 2.34. The van der Waals surface area contributed by atoms with E-state index in [4.69, 9.17) is 18.9 Å². The maximum Gasteiger partial charge on any atom is 0.217 e. The van der Waals surface area contributed by atoms with Crippen LogP contribution in [-0.4, -0.2) is 77.3 Å². The van der Waals surface area contributed by atoms with Gasteiger partial charge in [-0.2, -0.15) is 0 Å². The van der Waals surface area contributed by atoms with Gasteiger partial charge in [0.15, 0.2) is 12.6 Å². The number of hydrogen-bond donors (Lipinski definition) is 4. The zero-order chi connectivity index (χ0) is 20.3. The molecule has 7 atom stereocenters. The normalized spacial score (nSPS) is 34.9. The van der Waals surface area contributed by atoms with Crippen LogP contribution in [0.3, 0.4) is 0 Å². The van der Waals surface area contributed by atoms with E-state index in [-0.39, 0.29) is 19.1 Å². The van der Waals surface area contributed by atoms with Gasteiger partial charge in [-0.25, -0.2) is 0 Å². The minimum absolute atomic E-state index is 0.157. The number of rotatable bonds is 6. The van der Waals surface area contributed by atoms with E-state index in [1.54, 1.807) is 0 Å². The molecular weight excluding hydrogens is 370 g/mol. The van der Waals surface area contributed by atoms with Gasteiger partial charge in [0.2, 0.25) is 5.91 Å². The summed E-state index contributed by atoms with van der Waals surface area (Å²) in [5.74, 6) is -0.375. The van der Waals surface area contributed by atoms with Gasteiger partial charge in [-0.05, 0) is 6.92 Å². The maximum atomic E-state index is 11.6. The SMILES string of the molecule is CC(=O)N[C@H]1[C@H](OC[C@](C)(O)CO)O[C@@H]2CO[C@@H](c3ccccc3)O[C@H]2[C@@H]1O. The van der Waals surface area contributed by atoms with Crippen LogP contribution in [0.25, 0.3) is 0 Å². The van der Waals surface area contributed by atoms with Crippen molar-refractivity contribution < 1.29 is 39.1 Å². The van der Waals surface area contributed by atoms with Crippen LogP contribution in [0.1, 0.15) is 25.7 Å². The Bertz CT molecular complexity index is 655. The number of ether oxygens (including phenoxy) is 4. The van der Waals surface area contributed by atoms with Crippen LogP contribution in [0.15, 0.2) is 30.3 Å². The Morgan fingerprint density at radius 2 is 2.04 bits per heavy atom. The van der Waals surface area contributed by atoms with E-state index in [0.29, 0.717) is 0 Å². The number of nitrogens with one attached hydrogen (secondary N) is 1. The quantitative estimate of drug-likeness (QED) is 0.504. The molecule has 0 radical (unpaired) electrons. The molecular formula is C19H27NO8. The fourth-order valence-corrected chi connectivity index (χ4v) is 3.21. The van der Waals surface area contributed by atoms with E-state index in [2.05, 4.69) is 5.32 Å². The van der Waals surface area contributed by atoms with Crippen molar-refractivity contribution in [2.75, 3.05) is 19.8 Å². The minimum atomic E-state index is -1.48. The van der Waals surface area contributed by atoms with Gasteiger partial charge in [-0.3, -0.25) is 4.79 Å². The van der Waals surface area contributed by atoms with Gasteiger partial charge in [-0.15, -0.1) is 0 Å². The lowest BCUT2D eigenvalue weighted by atomic mass is 9.95. The number of fused-ring (bicyclic) bond motifs is 1. The van der Waals surface area contributed by atoms with Gasteiger partial charge < -0.3 is 39.6 Å². The van der Waals surface area contributed by atoms with Gasteiger partial charge in [0, 0.05) is 12.5 Å².